The number of fused-ring (bicyclic) bond motifs is 21. The average molecular weight is 788 g/mol. The number of ether oxygens (including phenoxy) is 1. The van der Waals surface area contributed by atoms with Crippen LogP contribution in [0.15, 0.2) is 224 Å². The maximum absolute atomic E-state index is 6.99. The predicted octanol–water partition coefficient (Wildman–Crippen LogP) is 15.1. The highest BCUT2D eigenvalue weighted by Gasteiger charge is 2.54. The molecule has 62 heavy (non-hydrogen) atoms. The third-order valence-corrected chi connectivity index (χ3v) is 14.3. The first-order chi connectivity index (χ1) is 30.8. The van der Waals surface area contributed by atoms with E-state index < -0.39 is 10.8 Å². The summed E-state index contributed by atoms with van der Waals surface area (Å²) in [6, 6.07) is 83.2. The lowest BCUT2D eigenvalue weighted by Gasteiger charge is -2.40. The minimum Gasteiger partial charge on any atom is -0.456 e. The summed E-state index contributed by atoms with van der Waals surface area (Å²) in [5, 5.41) is 2.29. The van der Waals surface area contributed by atoms with Gasteiger partial charge >= 0.3 is 0 Å². The van der Waals surface area contributed by atoms with Gasteiger partial charge in [-0.3, -0.25) is 0 Å². The molecule has 14 rings (SSSR count). The first kappa shape index (κ1) is 33.8. The Kier molecular flexibility index (Phi) is 6.72. The summed E-state index contributed by atoms with van der Waals surface area (Å²) in [6.07, 6.45) is 0. The minimum atomic E-state index is -0.620. The molecule has 0 fully saturated rings. The Balaban J connectivity index is 1.09. The van der Waals surface area contributed by atoms with E-state index in [2.05, 4.69) is 229 Å². The minimum absolute atomic E-state index is 0.453. The van der Waals surface area contributed by atoms with Gasteiger partial charge in [0.15, 0.2) is 0 Å². The van der Waals surface area contributed by atoms with Crippen molar-refractivity contribution in [2.75, 3.05) is 4.90 Å². The van der Waals surface area contributed by atoms with E-state index in [0.29, 0.717) is 0 Å². The topological polar surface area (TPSA) is 12.5 Å². The fourth-order valence-electron chi connectivity index (χ4n) is 12.1. The number of para-hydroxylation sites is 2. The van der Waals surface area contributed by atoms with Crippen molar-refractivity contribution >= 4 is 27.8 Å². The molecule has 0 bridgehead atoms. The van der Waals surface area contributed by atoms with Gasteiger partial charge in [-0.2, -0.15) is 0 Å². The fourth-order valence-corrected chi connectivity index (χ4v) is 12.1. The van der Waals surface area contributed by atoms with E-state index in [0.717, 1.165) is 39.5 Å². The molecule has 2 nitrogen and oxygen atoms in total. The van der Waals surface area contributed by atoms with Crippen LogP contribution in [-0.4, -0.2) is 0 Å². The van der Waals surface area contributed by atoms with Crippen LogP contribution in [0.1, 0.15) is 44.5 Å². The van der Waals surface area contributed by atoms with E-state index in [1.165, 1.54) is 77.7 Å². The molecule has 1 heterocycles. The van der Waals surface area contributed by atoms with Gasteiger partial charge in [-0.1, -0.05) is 194 Å². The number of anilines is 3. The Labute approximate surface area is 360 Å². The Morgan fingerprint density at radius 3 is 1.37 bits per heavy atom. The maximum atomic E-state index is 6.99. The second-order valence-corrected chi connectivity index (χ2v) is 17.0. The summed E-state index contributed by atoms with van der Waals surface area (Å²) >= 11 is 0. The van der Waals surface area contributed by atoms with Gasteiger partial charge in [0.05, 0.1) is 22.2 Å². The first-order valence-corrected chi connectivity index (χ1v) is 21.6. The second-order valence-electron chi connectivity index (χ2n) is 17.0. The Morgan fingerprint density at radius 1 is 0.306 bits per heavy atom. The fraction of sp³-hybridized carbons (Fsp3) is 0.0333. The molecule has 0 saturated carbocycles. The molecular formula is C60H37NO. The van der Waals surface area contributed by atoms with Crippen molar-refractivity contribution in [3.8, 4) is 44.9 Å². The highest BCUT2D eigenvalue weighted by atomic mass is 16.5. The number of rotatable bonds is 3. The number of hydrogen-bond donors (Lipinski definition) is 0. The molecule has 1 unspecified atom stereocenters. The van der Waals surface area contributed by atoms with E-state index in [1.54, 1.807) is 0 Å². The SMILES string of the molecule is c1ccc(N(c2cccc3c2-c2ccccc2C32c3ccccc3-c3ccccc32)c2cccc3c2-c2ccccc2C32c3ccccc3Oc3c2ccc2ccccc32)cc1. The van der Waals surface area contributed by atoms with Crippen molar-refractivity contribution < 1.29 is 4.74 Å². The predicted molar refractivity (Wildman–Crippen MR) is 252 cm³/mol. The smallest absolute Gasteiger partial charge is 0.140 e. The van der Waals surface area contributed by atoms with Crippen LogP contribution >= 0.6 is 0 Å². The van der Waals surface area contributed by atoms with E-state index in [-0.39, 0.29) is 0 Å². The highest BCUT2D eigenvalue weighted by molar-refractivity contribution is 6.05. The number of benzene rings is 10. The summed E-state index contributed by atoms with van der Waals surface area (Å²) in [7, 11) is 0. The first-order valence-electron chi connectivity index (χ1n) is 21.6. The van der Waals surface area contributed by atoms with E-state index in [4.69, 9.17) is 4.74 Å². The molecule has 0 N–H and O–H groups in total. The zero-order chi connectivity index (χ0) is 40.6. The van der Waals surface area contributed by atoms with Crippen LogP contribution in [0.4, 0.5) is 17.1 Å². The maximum Gasteiger partial charge on any atom is 0.140 e. The molecule has 0 amide bonds. The summed E-state index contributed by atoms with van der Waals surface area (Å²) in [5.41, 5.74) is 20.2. The van der Waals surface area contributed by atoms with Crippen LogP contribution in [0.2, 0.25) is 0 Å². The summed E-state index contributed by atoms with van der Waals surface area (Å²) in [6.45, 7) is 0. The summed E-state index contributed by atoms with van der Waals surface area (Å²) in [4.78, 5) is 2.54. The van der Waals surface area contributed by atoms with Crippen molar-refractivity contribution in [3.63, 3.8) is 0 Å². The van der Waals surface area contributed by atoms with E-state index in [9.17, 15) is 0 Å². The third kappa shape index (κ3) is 4.05. The molecule has 2 spiro atoms. The van der Waals surface area contributed by atoms with Gasteiger partial charge in [-0.15, -0.1) is 0 Å². The molecule has 2 heteroatoms. The van der Waals surface area contributed by atoms with Crippen molar-refractivity contribution in [2.24, 2.45) is 0 Å². The third-order valence-electron chi connectivity index (χ3n) is 14.3. The molecule has 10 aromatic carbocycles. The van der Waals surface area contributed by atoms with Gasteiger partial charge < -0.3 is 9.64 Å². The lowest BCUT2D eigenvalue weighted by molar-refractivity contribution is 0.441. The van der Waals surface area contributed by atoms with Crippen LogP contribution < -0.4 is 9.64 Å². The Bertz CT molecular complexity index is 3480. The number of hydrogen-bond acceptors (Lipinski definition) is 2. The standard InChI is InChI=1S/C60H37NO/c1-2-19-39(20-3-1)61(53-33-16-31-50-56(53)43-24-8-12-28-47(43)59(50)45-26-10-6-22-41(45)42-23-7-11-27-46(42)59)54-34-17-32-51-57(54)44-25-9-13-29-48(44)60(51)49-30-14-15-35-55(49)62-58-40-21-5-4-18-38(40)36-37-52(58)60/h1-37H. The van der Waals surface area contributed by atoms with Crippen molar-refractivity contribution in [1.82, 2.24) is 0 Å². The molecule has 0 saturated heterocycles. The average Bonchev–Trinajstić information content (AvgIpc) is 3.93. The molecule has 0 aromatic heterocycles. The molecule has 0 radical (unpaired) electrons. The Hall–Kier alpha value is -7.94. The van der Waals surface area contributed by atoms with Crippen LogP contribution in [0.5, 0.6) is 11.5 Å². The van der Waals surface area contributed by atoms with Gasteiger partial charge in [0.25, 0.3) is 0 Å². The lowest BCUT2D eigenvalue weighted by atomic mass is 9.65. The van der Waals surface area contributed by atoms with Gasteiger partial charge in [-0.05, 0) is 91.4 Å². The van der Waals surface area contributed by atoms with Crippen molar-refractivity contribution in [1.29, 1.82) is 0 Å². The van der Waals surface area contributed by atoms with Crippen LogP contribution in [0.3, 0.4) is 0 Å². The van der Waals surface area contributed by atoms with Gasteiger partial charge in [0, 0.05) is 33.3 Å². The zero-order valence-electron chi connectivity index (χ0n) is 33.7. The molecule has 3 aliphatic carbocycles. The quantitative estimate of drug-likeness (QED) is 0.177. The molecule has 1 aliphatic heterocycles. The molecule has 4 aliphatic rings. The normalized spacial score (nSPS) is 16.1. The molecular weight excluding hydrogens is 751 g/mol. The highest BCUT2D eigenvalue weighted by Crippen LogP contribution is 2.67. The monoisotopic (exact) mass is 787 g/mol. The van der Waals surface area contributed by atoms with Crippen molar-refractivity contribution in [3.05, 3.63) is 269 Å². The van der Waals surface area contributed by atoms with E-state index in [1.807, 2.05) is 0 Å². The van der Waals surface area contributed by atoms with Crippen LogP contribution in [0.25, 0.3) is 44.2 Å². The molecule has 10 aromatic rings. The largest absolute Gasteiger partial charge is 0.456 e. The molecule has 1 atom stereocenters. The second kappa shape index (κ2) is 12.3. The van der Waals surface area contributed by atoms with Crippen LogP contribution in [-0.2, 0) is 10.8 Å². The summed E-state index contributed by atoms with van der Waals surface area (Å²) in [5.74, 6) is 1.82. The van der Waals surface area contributed by atoms with Gasteiger partial charge in [-0.25, -0.2) is 0 Å². The van der Waals surface area contributed by atoms with Gasteiger partial charge in [0.2, 0.25) is 0 Å². The van der Waals surface area contributed by atoms with Gasteiger partial charge in [0.1, 0.15) is 11.5 Å². The van der Waals surface area contributed by atoms with Crippen molar-refractivity contribution in [2.45, 2.75) is 10.8 Å². The zero-order valence-corrected chi connectivity index (χ0v) is 33.7. The molecule has 288 valence electrons. The number of nitrogens with zero attached hydrogens (tertiary/aromatic N) is 1. The van der Waals surface area contributed by atoms with E-state index >= 15 is 0 Å². The lowest BCUT2D eigenvalue weighted by Crippen LogP contribution is -2.32. The van der Waals surface area contributed by atoms with Crippen LogP contribution in [0, 0.1) is 0 Å². The summed E-state index contributed by atoms with van der Waals surface area (Å²) < 4.78 is 6.99. The Morgan fingerprint density at radius 2 is 0.758 bits per heavy atom.